The molecule has 0 heterocycles. The summed E-state index contributed by atoms with van der Waals surface area (Å²) in [6, 6.07) is 9.58. The number of hydrogen-bond acceptors (Lipinski definition) is 2. The Morgan fingerprint density at radius 1 is 1.33 bits per heavy atom. The van der Waals surface area contributed by atoms with Crippen molar-refractivity contribution in [3.05, 3.63) is 30.3 Å². The molecule has 0 aliphatic heterocycles. The Balaban J connectivity index is 3.10. The van der Waals surface area contributed by atoms with Gasteiger partial charge in [-0.25, -0.2) is 0 Å². The highest BCUT2D eigenvalue weighted by Gasteiger charge is 2.37. The van der Waals surface area contributed by atoms with E-state index in [-0.39, 0.29) is 10.9 Å². The molecular weight excluding hydrogens is 244 g/mol. The maximum Gasteiger partial charge on any atom is 0.239 e. The smallest absolute Gasteiger partial charge is 0.239 e. The van der Waals surface area contributed by atoms with E-state index < -0.39 is 5.41 Å². The molecule has 3 nitrogen and oxygen atoms in total. The fourth-order valence-corrected chi connectivity index (χ4v) is 2.01. The average molecular weight is 264 g/mol. The number of amides is 1. The molecule has 0 radical (unpaired) electrons. The standard InChI is InChI=1S/C14H20N2OS/c1-4-14(3,12(15)18)13(17)16(5-2)11-9-7-6-8-10-11/h6-10H,4-5H2,1-3H3,(H2,15,18). The molecule has 0 aliphatic carbocycles. The van der Waals surface area contributed by atoms with Crippen LogP contribution in [0.5, 0.6) is 0 Å². The summed E-state index contributed by atoms with van der Waals surface area (Å²) < 4.78 is 0. The molecule has 98 valence electrons. The van der Waals surface area contributed by atoms with Gasteiger partial charge in [-0.3, -0.25) is 4.79 Å². The van der Waals surface area contributed by atoms with Crippen molar-refractivity contribution >= 4 is 28.8 Å². The Morgan fingerprint density at radius 3 is 2.28 bits per heavy atom. The Labute approximate surface area is 114 Å². The van der Waals surface area contributed by atoms with Gasteiger partial charge in [0, 0.05) is 12.2 Å². The van der Waals surface area contributed by atoms with Gasteiger partial charge >= 0.3 is 0 Å². The number of nitrogens with zero attached hydrogens (tertiary/aromatic N) is 1. The Kier molecular flexibility index (Phi) is 4.84. The first-order valence-corrected chi connectivity index (χ1v) is 6.55. The average Bonchev–Trinajstić information content (AvgIpc) is 2.39. The maximum absolute atomic E-state index is 12.6. The zero-order valence-electron chi connectivity index (χ0n) is 11.1. The van der Waals surface area contributed by atoms with Crippen LogP contribution in [0.15, 0.2) is 30.3 Å². The third kappa shape index (κ3) is 2.70. The Hall–Kier alpha value is -1.42. The minimum Gasteiger partial charge on any atom is -0.392 e. The normalized spacial score (nSPS) is 13.7. The number of carbonyl (C=O) groups excluding carboxylic acids is 1. The van der Waals surface area contributed by atoms with Gasteiger partial charge in [0.2, 0.25) is 5.91 Å². The van der Waals surface area contributed by atoms with Crippen LogP contribution in [-0.4, -0.2) is 17.4 Å². The molecule has 1 rings (SSSR count). The van der Waals surface area contributed by atoms with E-state index in [1.807, 2.05) is 51.1 Å². The van der Waals surface area contributed by atoms with Crippen molar-refractivity contribution in [1.29, 1.82) is 0 Å². The van der Waals surface area contributed by atoms with E-state index in [1.54, 1.807) is 4.90 Å². The topological polar surface area (TPSA) is 46.3 Å². The zero-order valence-corrected chi connectivity index (χ0v) is 12.0. The third-order valence-corrected chi connectivity index (χ3v) is 3.80. The number of benzene rings is 1. The van der Waals surface area contributed by atoms with Crippen LogP contribution >= 0.6 is 12.2 Å². The van der Waals surface area contributed by atoms with Gasteiger partial charge in [-0.15, -0.1) is 0 Å². The molecule has 0 spiro atoms. The lowest BCUT2D eigenvalue weighted by Gasteiger charge is -2.32. The van der Waals surface area contributed by atoms with Crippen LogP contribution in [0.1, 0.15) is 27.2 Å². The summed E-state index contributed by atoms with van der Waals surface area (Å²) in [7, 11) is 0. The quantitative estimate of drug-likeness (QED) is 0.832. The molecule has 1 atom stereocenters. The number of nitrogens with two attached hydrogens (primary N) is 1. The Morgan fingerprint density at radius 2 is 1.89 bits per heavy atom. The second-order valence-electron chi connectivity index (χ2n) is 4.43. The first kappa shape index (κ1) is 14.6. The fraction of sp³-hybridized carbons (Fsp3) is 0.429. The third-order valence-electron chi connectivity index (χ3n) is 3.35. The zero-order chi connectivity index (χ0) is 13.8. The predicted molar refractivity (Wildman–Crippen MR) is 79.7 cm³/mol. The summed E-state index contributed by atoms with van der Waals surface area (Å²) in [5, 5.41) is 0. The largest absolute Gasteiger partial charge is 0.392 e. The monoisotopic (exact) mass is 264 g/mol. The lowest BCUT2D eigenvalue weighted by molar-refractivity contribution is -0.124. The fourth-order valence-electron chi connectivity index (χ4n) is 1.78. The molecule has 0 aromatic heterocycles. The van der Waals surface area contributed by atoms with E-state index in [2.05, 4.69) is 0 Å². The van der Waals surface area contributed by atoms with Crippen molar-refractivity contribution in [2.24, 2.45) is 11.1 Å². The number of thiocarbonyl (C=S) groups is 1. The number of rotatable bonds is 5. The van der Waals surface area contributed by atoms with E-state index in [0.717, 1.165) is 5.69 Å². The summed E-state index contributed by atoms with van der Waals surface area (Å²) in [4.78, 5) is 14.6. The molecule has 0 saturated heterocycles. The van der Waals surface area contributed by atoms with Crippen molar-refractivity contribution < 1.29 is 4.79 Å². The van der Waals surface area contributed by atoms with Crippen molar-refractivity contribution in [3.63, 3.8) is 0 Å². The lowest BCUT2D eigenvalue weighted by atomic mass is 9.85. The van der Waals surface area contributed by atoms with E-state index in [4.69, 9.17) is 18.0 Å². The molecule has 0 saturated carbocycles. The van der Waals surface area contributed by atoms with E-state index >= 15 is 0 Å². The van der Waals surface area contributed by atoms with Crippen LogP contribution in [0.3, 0.4) is 0 Å². The van der Waals surface area contributed by atoms with Gasteiger partial charge in [0.15, 0.2) is 0 Å². The summed E-state index contributed by atoms with van der Waals surface area (Å²) >= 11 is 5.05. The van der Waals surface area contributed by atoms with E-state index in [9.17, 15) is 4.79 Å². The molecule has 0 fully saturated rings. The molecule has 18 heavy (non-hydrogen) atoms. The number of anilines is 1. The number of carbonyl (C=O) groups is 1. The molecule has 4 heteroatoms. The van der Waals surface area contributed by atoms with Crippen LogP contribution < -0.4 is 10.6 Å². The minimum atomic E-state index is -0.777. The van der Waals surface area contributed by atoms with Gasteiger partial charge in [-0.05, 0) is 32.4 Å². The summed E-state index contributed by atoms with van der Waals surface area (Å²) in [5.41, 5.74) is 5.84. The van der Waals surface area contributed by atoms with Gasteiger partial charge in [0.1, 0.15) is 0 Å². The summed E-state index contributed by atoms with van der Waals surface area (Å²) in [6.45, 7) is 6.28. The second-order valence-corrected chi connectivity index (χ2v) is 4.87. The van der Waals surface area contributed by atoms with Crippen LogP contribution in [0.4, 0.5) is 5.69 Å². The van der Waals surface area contributed by atoms with Crippen LogP contribution in [0.25, 0.3) is 0 Å². The highest BCUT2D eigenvalue weighted by molar-refractivity contribution is 7.80. The number of hydrogen-bond donors (Lipinski definition) is 1. The van der Waals surface area contributed by atoms with Crippen LogP contribution in [0.2, 0.25) is 0 Å². The molecule has 1 amide bonds. The molecule has 0 aliphatic rings. The van der Waals surface area contributed by atoms with Gasteiger partial charge in [0.05, 0.1) is 10.4 Å². The summed E-state index contributed by atoms with van der Waals surface area (Å²) in [6.07, 6.45) is 0.602. The van der Waals surface area contributed by atoms with Gasteiger partial charge < -0.3 is 10.6 Å². The number of para-hydroxylation sites is 1. The van der Waals surface area contributed by atoms with Crippen molar-refractivity contribution in [3.8, 4) is 0 Å². The lowest BCUT2D eigenvalue weighted by Crippen LogP contribution is -2.48. The molecule has 2 N–H and O–H groups in total. The predicted octanol–water partition coefficient (Wildman–Crippen LogP) is 2.74. The van der Waals surface area contributed by atoms with E-state index in [0.29, 0.717) is 13.0 Å². The van der Waals surface area contributed by atoms with Crippen molar-refractivity contribution in [1.82, 2.24) is 0 Å². The first-order valence-electron chi connectivity index (χ1n) is 6.14. The van der Waals surface area contributed by atoms with Crippen molar-refractivity contribution in [2.45, 2.75) is 27.2 Å². The molecule has 1 aromatic carbocycles. The highest BCUT2D eigenvalue weighted by Crippen LogP contribution is 2.27. The van der Waals surface area contributed by atoms with Gasteiger partial charge in [-0.2, -0.15) is 0 Å². The Bertz CT molecular complexity index is 433. The van der Waals surface area contributed by atoms with Gasteiger partial charge in [-0.1, -0.05) is 37.3 Å². The molecule has 1 unspecified atom stereocenters. The molecular formula is C14H20N2OS. The van der Waals surface area contributed by atoms with Crippen molar-refractivity contribution in [2.75, 3.05) is 11.4 Å². The SMILES string of the molecule is CCN(C(=O)C(C)(CC)C(N)=S)c1ccccc1. The maximum atomic E-state index is 12.6. The van der Waals surface area contributed by atoms with E-state index in [1.165, 1.54) is 0 Å². The van der Waals surface area contributed by atoms with Gasteiger partial charge in [0.25, 0.3) is 0 Å². The minimum absolute atomic E-state index is 0.0359. The second kappa shape index (κ2) is 5.96. The molecule has 1 aromatic rings. The summed E-state index contributed by atoms with van der Waals surface area (Å²) in [5.74, 6) is -0.0359. The van der Waals surface area contributed by atoms with Crippen LogP contribution in [0, 0.1) is 5.41 Å². The highest BCUT2D eigenvalue weighted by atomic mass is 32.1. The van der Waals surface area contributed by atoms with Crippen LogP contribution in [-0.2, 0) is 4.79 Å². The first-order chi connectivity index (χ1) is 8.47. The molecule has 0 bridgehead atoms.